The zero-order valence-corrected chi connectivity index (χ0v) is 15.1. The first-order valence-corrected chi connectivity index (χ1v) is 8.96. The molecule has 0 bridgehead atoms. The first-order chi connectivity index (χ1) is 11.5. The van der Waals surface area contributed by atoms with Crippen molar-refractivity contribution in [3.8, 4) is 0 Å². The Bertz CT molecular complexity index is 803. The van der Waals surface area contributed by atoms with Gasteiger partial charge in [-0.3, -0.25) is 9.59 Å². The lowest BCUT2D eigenvalue weighted by Gasteiger charge is -2.19. The highest BCUT2D eigenvalue weighted by atomic mass is 32.1. The number of hydrogen-bond acceptors (Lipinski definition) is 6. The molecule has 2 aromatic rings. The Balaban J connectivity index is 1.99. The molecule has 3 rings (SSSR count). The van der Waals surface area contributed by atoms with E-state index >= 15 is 0 Å². The van der Waals surface area contributed by atoms with Gasteiger partial charge in [-0.05, 0) is 39.5 Å². The summed E-state index contributed by atoms with van der Waals surface area (Å²) in [7, 11) is 3.85. The van der Waals surface area contributed by atoms with Crippen LogP contribution >= 0.6 is 11.3 Å². The number of amides is 1. The van der Waals surface area contributed by atoms with Gasteiger partial charge in [0.1, 0.15) is 10.7 Å². The van der Waals surface area contributed by atoms with Crippen LogP contribution < -0.4 is 10.9 Å². The molecule has 2 N–H and O–H groups in total. The maximum atomic E-state index is 12.9. The average molecular weight is 349 g/mol. The number of thiophene rings is 1. The van der Waals surface area contributed by atoms with Gasteiger partial charge in [-0.15, -0.1) is 11.3 Å². The highest BCUT2D eigenvalue weighted by molar-refractivity contribution is 7.20. The number of H-pyrrole nitrogens is 1. The monoisotopic (exact) mass is 349 g/mol. The maximum Gasteiger partial charge on any atom is 0.264 e. The van der Waals surface area contributed by atoms with Crippen LogP contribution in [0.5, 0.6) is 0 Å². The zero-order chi connectivity index (χ0) is 17.3. The molecule has 1 saturated heterocycles. The van der Waals surface area contributed by atoms with Crippen molar-refractivity contribution < 1.29 is 4.79 Å². The summed E-state index contributed by atoms with van der Waals surface area (Å²) in [4.78, 5) is 37.8. The van der Waals surface area contributed by atoms with E-state index in [0.29, 0.717) is 34.0 Å². The van der Waals surface area contributed by atoms with Crippen LogP contribution in [0.25, 0.3) is 10.2 Å². The van der Waals surface area contributed by atoms with Crippen molar-refractivity contribution in [3.63, 3.8) is 0 Å². The topological polar surface area (TPSA) is 81.3 Å². The van der Waals surface area contributed by atoms with E-state index in [2.05, 4.69) is 15.3 Å². The normalized spacial score (nSPS) is 15.9. The second kappa shape index (κ2) is 7.00. The van der Waals surface area contributed by atoms with Crippen LogP contribution in [-0.2, 0) is 6.54 Å². The van der Waals surface area contributed by atoms with Gasteiger partial charge in [-0.2, -0.15) is 0 Å². The number of aryl methyl sites for hydroxylation is 1. The van der Waals surface area contributed by atoms with Crippen LogP contribution in [0.4, 0.5) is 0 Å². The number of hydrogen-bond donors (Lipinski definition) is 2. The SMILES string of the molecule is Cc1c(C(=O)N2CCCNCC2)sc2nc(CN(C)C)[nH]c(=O)c12. The minimum absolute atomic E-state index is 0.00718. The summed E-state index contributed by atoms with van der Waals surface area (Å²) in [5, 5.41) is 3.84. The minimum Gasteiger partial charge on any atom is -0.337 e. The molecule has 0 unspecified atom stereocenters. The van der Waals surface area contributed by atoms with Crippen LogP contribution in [0.3, 0.4) is 0 Å². The molecule has 0 radical (unpaired) electrons. The molecule has 0 aliphatic carbocycles. The number of nitrogens with one attached hydrogen (secondary N) is 2. The fraction of sp³-hybridized carbons (Fsp3) is 0.562. The molecule has 0 saturated carbocycles. The molecule has 1 amide bonds. The Morgan fingerprint density at radius 2 is 2.12 bits per heavy atom. The molecular weight excluding hydrogens is 326 g/mol. The van der Waals surface area contributed by atoms with Gasteiger partial charge in [-0.1, -0.05) is 0 Å². The summed E-state index contributed by atoms with van der Waals surface area (Å²) < 4.78 is 0. The zero-order valence-electron chi connectivity index (χ0n) is 14.3. The van der Waals surface area contributed by atoms with Crippen molar-refractivity contribution in [1.29, 1.82) is 0 Å². The van der Waals surface area contributed by atoms with E-state index in [1.54, 1.807) is 0 Å². The van der Waals surface area contributed by atoms with E-state index in [1.165, 1.54) is 11.3 Å². The van der Waals surface area contributed by atoms with Crippen molar-refractivity contribution in [1.82, 2.24) is 25.1 Å². The Labute approximate surface area is 144 Å². The second-order valence-corrected chi connectivity index (χ2v) is 7.38. The Morgan fingerprint density at radius 3 is 2.88 bits per heavy atom. The number of fused-ring (bicyclic) bond motifs is 1. The lowest BCUT2D eigenvalue weighted by atomic mass is 10.2. The number of aromatic amines is 1. The molecule has 0 atom stereocenters. The number of carbonyl (C=O) groups is 1. The van der Waals surface area contributed by atoms with Crippen LogP contribution in [-0.4, -0.2) is 65.9 Å². The lowest BCUT2D eigenvalue weighted by molar-refractivity contribution is 0.0770. The van der Waals surface area contributed by atoms with Crippen molar-refractivity contribution in [2.75, 3.05) is 40.3 Å². The summed E-state index contributed by atoms with van der Waals surface area (Å²) in [5.41, 5.74) is 0.574. The predicted octanol–water partition coefficient (Wildman–Crippen LogP) is 0.790. The highest BCUT2D eigenvalue weighted by Gasteiger charge is 2.24. The van der Waals surface area contributed by atoms with E-state index < -0.39 is 0 Å². The summed E-state index contributed by atoms with van der Waals surface area (Å²) >= 11 is 1.33. The third kappa shape index (κ3) is 3.35. The van der Waals surface area contributed by atoms with Gasteiger partial charge in [-0.25, -0.2) is 4.98 Å². The molecule has 2 aromatic heterocycles. The Hall–Kier alpha value is -1.77. The number of rotatable bonds is 3. The van der Waals surface area contributed by atoms with E-state index in [4.69, 9.17) is 0 Å². The molecule has 8 heteroatoms. The van der Waals surface area contributed by atoms with Gasteiger partial charge < -0.3 is 20.1 Å². The second-order valence-electron chi connectivity index (χ2n) is 6.38. The van der Waals surface area contributed by atoms with Gasteiger partial charge >= 0.3 is 0 Å². The standard InChI is InChI=1S/C16H23N5O2S/c1-10-12-14(22)18-11(9-20(2)3)19-15(12)24-13(10)16(23)21-7-4-5-17-6-8-21/h17H,4-9H2,1-3H3,(H,18,19,22). The summed E-state index contributed by atoms with van der Waals surface area (Å²) in [5.74, 6) is 0.629. The minimum atomic E-state index is -0.165. The molecule has 1 fully saturated rings. The quantitative estimate of drug-likeness (QED) is 0.856. The molecule has 3 heterocycles. The van der Waals surface area contributed by atoms with Gasteiger partial charge in [0.05, 0.1) is 16.8 Å². The molecule has 0 aromatic carbocycles. The van der Waals surface area contributed by atoms with Gasteiger partial charge in [0.2, 0.25) is 0 Å². The van der Waals surface area contributed by atoms with Crippen molar-refractivity contribution in [2.45, 2.75) is 19.9 Å². The summed E-state index contributed by atoms with van der Waals surface area (Å²) in [6, 6.07) is 0. The largest absolute Gasteiger partial charge is 0.337 e. The van der Waals surface area contributed by atoms with Crippen molar-refractivity contribution in [3.05, 3.63) is 26.6 Å². The maximum absolute atomic E-state index is 12.9. The molecule has 130 valence electrons. The van der Waals surface area contributed by atoms with Gasteiger partial charge in [0, 0.05) is 19.6 Å². The lowest BCUT2D eigenvalue weighted by Crippen LogP contribution is -2.34. The van der Waals surface area contributed by atoms with E-state index in [-0.39, 0.29) is 11.5 Å². The van der Waals surface area contributed by atoms with E-state index in [0.717, 1.165) is 31.6 Å². The number of carbonyl (C=O) groups excluding carboxylic acids is 1. The number of nitrogens with zero attached hydrogens (tertiary/aromatic N) is 3. The predicted molar refractivity (Wildman–Crippen MR) is 95.8 cm³/mol. The summed E-state index contributed by atoms with van der Waals surface area (Å²) in [6.45, 7) is 5.58. The smallest absolute Gasteiger partial charge is 0.264 e. The van der Waals surface area contributed by atoms with Crippen LogP contribution in [0, 0.1) is 6.92 Å². The Morgan fingerprint density at radius 1 is 1.33 bits per heavy atom. The third-order valence-electron chi connectivity index (χ3n) is 4.14. The average Bonchev–Trinajstić information content (AvgIpc) is 2.71. The highest BCUT2D eigenvalue weighted by Crippen LogP contribution is 2.28. The first-order valence-electron chi connectivity index (χ1n) is 8.14. The number of aromatic nitrogens is 2. The first kappa shape index (κ1) is 17.1. The van der Waals surface area contributed by atoms with E-state index in [1.807, 2.05) is 30.8 Å². The van der Waals surface area contributed by atoms with E-state index in [9.17, 15) is 9.59 Å². The van der Waals surface area contributed by atoms with Crippen molar-refractivity contribution >= 4 is 27.5 Å². The van der Waals surface area contributed by atoms with Gasteiger partial charge in [0.25, 0.3) is 11.5 Å². The summed E-state index contributed by atoms with van der Waals surface area (Å²) in [6.07, 6.45) is 0.946. The fourth-order valence-electron chi connectivity index (χ4n) is 2.96. The molecule has 24 heavy (non-hydrogen) atoms. The molecule has 1 aliphatic heterocycles. The molecule has 7 nitrogen and oxygen atoms in total. The van der Waals surface area contributed by atoms with Crippen LogP contribution in [0.15, 0.2) is 4.79 Å². The Kier molecular flexibility index (Phi) is 4.98. The van der Waals surface area contributed by atoms with Crippen LogP contribution in [0.1, 0.15) is 27.5 Å². The van der Waals surface area contributed by atoms with Crippen LogP contribution in [0.2, 0.25) is 0 Å². The molecule has 0 spiro atoms. The van der Waals surface area contributed by atoms with Crippen molar-refractivity contribution in [2.24, 2.45) is 0 Å². The molecule has 1 aliphatic rings. The van der Waals surface area contributed by atoms with Gasteiger partial charge in [0.15, 0.2) is 0 Å². The fourth-order valence-corrected chi connectivity index (χ4v) is 4.13. The third-order valence-corrected chi connectivity index (χ3v) is 5.31. The molecular formula is C16H23N5O2S.